The van der Waals surface area contributed by atoms with Crippen molar-refractivity contribution in [1.82, 2.24) is 5.32 Å². The fourth-order valence-corrected chi connectivity index (χ4v) is 0.817. The van der Waals surface area contributed by atoms with Crippen LogP contribution in [0.25, 0.3) is 0 Å². The van der Waals surface area contributed by atoms with Crippen molar-refractivity contribution < 1.29 is 19.8 Å². The molecule has 0 spiro atoms. The SMILES string of the molecule is CC#CC(=O)NCC(C)(O)CC(=O)O. The Balaban J connectivity index is 4.02. The van der Waals surface area contributed by atoms with E-state index in [-0.39, 0.29) is 6.54 Å². The number of carboxylic acid groups (broad SMARTS) is 1. The number of amides is 1. The van der Waals surface area contributed by atoms with Crippen molar-refractivity contribution in [1.29, 1.82) is 0 Å². The molecule has 0 saturated carbocycles. The average molecular weight is 199 g/mol. The third-order valence-corrected chi connectivity index (χ3v) is 1.40. The highest BCUT2D eigenvalue weighted by Gasteiger charge is 2.24. The molecule has 0 saturated heterocycles. The zero-order valence-corrected chi connectivity index (χ0v) is 8.13. The molecule has 0 heterocycles. The maximum Gasteiger partial charge on any atom is 0.306 e. The molecule has 5 nitrogen and oxygen atoms in total. The first-order valence-electron chi connectivity index (χ1n) is 4.02. The van der Waals surface area contributed by atoms with E-state index in [0.29, 0.717) is 0 Å². The second-order valence-electron chi connectivity index (χ2n) is 3.13. The lowest BCUT2D eigenvalue weighted by Crippen LogP contribution is -2.41. The molecule has 5 heteroatoms. The molecule has 0 fully saturated rings. The second-order valence-corrected chi connectivity index (χ2v) is 3.13. The maximum atomic E-state index is 10.8. The fourth-order valence-electron chi connectivity index (χ4n) is 0.817. The minimum Gasteiger partial charge on any atom is -0.481 e. The van der Waals surface area contributed by atoms with Gasteiger partial charge in [0, 0.05) is 6.54 Å². The molecule has 78 valence electrons. The van der Waals surface area contributed by atoms with Crippen LogP contribution in [0.4, 0.5) is 0 Å². The smallest absolute Gasteiger partial charge is 0.306 e. The first-order valence-corrected chi connectivity index (χ1v) is 4.02. The van der Waals surface area contributed by atoms with E-state index >= 15 is 0 Å². The Morgan fingerprint density at radius 3 is 2.50 bits per heavy atom. The predicted molar refractivity (Wildman–Crippen MR) is 49.3 cm³/mol. The van der Waals surface area contributed by atoms with Gasteiger partial charge in [0.05, 0.1) is 12.0 Å². The van der Waals surface area contributed by atoms with Crippen molar-refractivity contribution in [2.75, 3.05) is 6.54 Å². The summed E-state index contributed by atoms with van der Waals surface area (Å²) < 4.78 is 0. The van der Waals surface area contributed by atoms with Gasteiger partial charge in [-0.2, -0.15) is 0 Å². The van der Waals surface area contributed by atoms with E-state index in [2.05, 4.69) is 17.2 Å². The van der Waals surface area contributed by atoms with E-state index in [1.54, 1.807) is 0 Å². The van der Waals surface area contributed by atoms with Crippen LogP contribution in [-0.2, 0) is 9.59 Å². The van der Waals surface area contributed by atoms with Crippen LogP contribution in [0, 0.1) is 11.8 Å². The minimum absolute atomic E-state index is 0.132. The van der Waals surface area contributed by atoms with Crippen LogP contribution in [0.3, 0.4) is 0 Å². The fraction of sp³-hybridized carbons (Fsp3) is 0.556. The normalized spacial score (nSPS) is 13.4. The Kier molecular flexibility index (Phi) is 4.67. The van der Waals surface area contributed by atoms with E-state index in [9.17, 15) is 14.7 Å². The summed E-state index contributed by atoms with van der Waals surface area (Å²) in [5, 5.41) is 20.2. The standard InChI is InChI=1S/C9H13NO4/c1-3-4-7(11)10-6-9(2,14)5-8(12)13/h14H,5-6H2,1-2H3,(H,10,11)(H,12,13). The molecule has 1 unspecified atom stereocenters. The van der Waals surface area contributed by atoms with Gasteiger partial charge in [-0.1, -0.05) is 5.92 Å². The van der Waals surface area contributed by atoms with Gasteiger partial charge in [-0.25, -0.2) is 0 Å². The number of hydrogen-bond acceptors (Lipinski definition) is 3. The van der Waals surface area contributed by atoms with Crippen LogP contribution in [0.1, 0.15) is 20.3 Å². The molecule has 1 amide bonds. The zero-order chi connectivity index (χ0) is 11.2. The summed E-state index contributed by atoms with van der Waals surface area (Å²) in [7, 11) is 0. The molecule has 0 rings (SSSR count). The summed E-state index contributed by atoms with van der Waals surface area (Å²) in [6.07, 6.45) is -0.424. The number of carbonyl (C=O) groups excluding carboxylic acids is 1. The number of nitrogens with one attached hydrogen (secondary N) is 1. The Morgan fingerprint density at radius 1 is 1.50 bits per heavy atom. The summed E-state index contributed by atoms with van der Waals surface area (Å²) in [6.45, 7) is 2.71. The van der Waals surface area contributed by atoms with Gasteiger partial charge in [0.1, 0.15) is 0 Å². The molecular formula is C9H13NO4. The predicted octanol–water partition coefficient (Wildman–Crippen LogP) is -0.648. The number of aliphatic carboxylic acids is 1. The van der Waals surface area contributed by atoms with Crippen molar-refractivity contribution in [3.63, 3.8) is 0 Å². The lowest BCUT2D eigenvalue weighted by Gasteiger charge is -2.20. The summed E-state index contributed by atoms with van der Waals surface area (Å²) >= 11 is 0. The highest BCUT2D eigenvalue weighted by Crippen LogP contribution is 2.06. The third-order valence-electron chi connectivity index (χ3n) is 1.40. The average Bonchev–Trinajstić information content (AvgIpc) is 1.99. The van der Waals surface area contributed by atoms with Crippen LogP contribution in [0.15, 0.2) is 0 Å². The van der Waals surface area contributed by atoms with E-state index < -0.39 is 23.9 Å². The van der Waals surface area contributed by atoms with Crippen molar-refractivity contribution in [3.8, 4) is 11.8 Å². The molecule has 3 N–H and O–H groups in total. The van der Waals surface area contributed by atoms with Crippen LogP contribution in [0.2, 0.25) is 0 Å². The van der Waals surface area contributed by atoms with Gasteiger partial charge in [-0.3, -0.25) is 9.59 Å². The summed E-state index contributed by atoms with van der Waals surface area (Å²) in [5.74, 6) is 2.95. The molecule has 0 aliphatic rings. The molecule has 0 aromatic carbocycles. The summed E-state index contributed by atoms with van der Waals surface area (Å²) in [5.41, 5.74) is -1.45. The van der Waals surface area contributed by atoms with Gasteiger partial charge in [0.2, 0.25) is 0 Å². The second kappa shape index (κ2) is 5.25. The summed E-state index contributed by atoms with van der Waals surface area (Å²) in [4.78, 5) is 21.1. The number of carboxylic acids is 1. The largest absolute Gasteiger partial charge is 0.481 e. The van der Waals surface area contributed by atoms with Crippen LogP contribution >= 0.6 is 0 Å². The number of rotatable bonds is 4. The van der Waals surface area contributed by atoms with Crippen molar-refractivity contribution in [2.24, 2.45) is 0 Å². The number of carbonyl (C=O) groups is 2. The van der Waals surface area contributed by atoms with Crippen LogP contribution < -0.4 is 5.32 Å². The van der Waals surface area contributed by atoms with E-state index in [1.807, 2.05) is 0 Å². The Morgan fingerprint density at radius 2 is 2.07 bits per heavy atom. The van der Waals surface area contributed by atoms with E-state index in [1.165, 1.54) is 13.8 Å². The van der Waals surface area contributed by atoms with Gasteiger partial charge in [0.25, 0.3) is 5.91 Å². The van der Waals surface area contributed by atoms with Crippen molar-refractivity contribution >= 4 is 11.9 Å². The lowest BCUT2D eigenvalue weighted by atomic mass is 10.0. The number of hydrogen-bond donors (Lipinski definition) is 3. The van der Waals surface area contributed by atoms with Crippen LogP contribution in [0.5, 0.6) is 0 Å². The molecule has 14 heavy (non-hydrogen) atoms. The molecule has 0 aromatic rings. The van der Waals surface area contributed by atoms with Crippen molar-refractivity contribution in [3.05, 3.63) is 0 Å². The molecule has 0 bridgehead atoms. The topological polar surface area (TPSA) is 86.6 Å². The van der Waals surface area contributed by atoms with E-state index in [4.69, 9.17) is 5.11 Å². The Labute approximate surface area is 82.1 Å². The summed E-state index contributed by atoms with van der Waals surface area (Å²) in [6, 6.07) is 0. The Hall–Kier alpha value is -1.54. The zero-order valence-electron chi connectivity index (χ0n) is 8.13. The minimum atomic E-state index is -1.45. The molecule has 0 aliphatic carbocycles. The van der Waals surface area contributed by atoms with Gasteiger partial charge in [-0.05, 0) is 19.8 Å². The van der Waals surface area contributed by atoms with Gasteiger partial charge < -0.3 is 15.5 Å². The first kappa shape index (κ1) is 12.5. The van der Waals surface area contributed by atoms with Crippen molar-refractivity contribution in [2.45, 2.75) is 25.9 Å². The number of aliphatic hydroxyl groups is 1. The highest BCUT2D eigenvalue weighted by molar-refractivity contribution is 5.93. The van der Waals surface area contributed by atoms with E-state index in [0.717, 1.165) is 0 Å². The lowest BCUT2D eigenvalue weighted by molar-refractivity contribution is -0.142. The molecular weight excluding hydrogens is 186 g/mol. The first-order chi connectivity index (χ1) is 6.37. The molecule has 0 radical (unpaired) electrons. The monoisotopic (exact) mass is 199 g/mol. The van der Waals surface area contributed by atoms with Crippen LogP contribution in [-0.4, -0.2) is 34.2 Å². The molecule has 0 aromatic heterocycles. The molecule has 1 atom stereocenters. The maximum absolute atomic E-state index is 10.8. The Bertz CT molecular complexity index is 285. The highest BCUT2D eigenvalue weighted by atomic mass is 16.4. The van der Waals surface area contributed by atoms with Gasteiger partial charge in [0.15, 0.2) is 0 Å². The van der Waals surface area contributed by atoms with Gasteiger partial charge in [-0.15, -0.1) is 0 Å². The van der Waals surface area contributed by atoms with Gasteiger partial charge >= 0.3 is 5.97 Å². The quantitative estimate of drug-likeness (QED) is 0.525. The molecule has 0 aliphatic heterocycles. The third kappa shape index (κ3) is 6.03.